The molecule has 0 saturated carbocycles. The number of anilines is 1. The van der Waals surface area contributed by atoms with Crippen molar-refractivity contribution in [2.24, 2.45) is 0 Å². The van der Waals surface area contributed by atoms with Gasteiger partial charge in [-0.3, -0.25) is 9.20 Å². The second-order valence-electron chi connectivity index (χ2n) is 5.90. The number of piperazine rings is 1. The summed E-state index contributed by atoms with van der Waals surface area (Å²) >= 11 is 3.47. The minimum Gasteiger partial charge on any atom is -0.382 e. The summed E-state index contributed by atoms with van der Waals surface area (Å²) in [6.07, 6.45) is 5.58. The SMILES string of the molecule is Nc1nccn2c([C@@H]3CC[C@H]4CNCC(=O)N4C3)nc(Br)c12. The van der Waals surface area contributed by atoms with E-state index in [-0.39, 0.29) is 11.8 Å². The highest BCUT2D eigenvalue weighted by atomic mass is 79.9. The Labute approximate surface area is 136 Å². The van der Waals surface area contributed by atoms with Gasteiger partial charge in [0.25, 0.3) is 0 Å². The van der Waals surface area contributed by atoms with Crippen LogP contribution in [0.25, 0.3) is 5.52 Å². The highest BCUT2D eigenvalue weighted by molar-refractivity contribution is 9.10. The van der Waals surface area contributed by atoms with Crippen LogP contribution in [0.3, 0.4) is 0 Å². The molecule has 7 nitrogen and oxygen atoms in total. The Morgan fingerprint density at radius 2 is 2.27 bits per heavy atom. The van der Waals surface area contributed by atoms with Gasteiger partial charge in [0.05, 0.1) is 6.54 Å². The van der Waals surface area contributed by atoms with Gasteiger partial charge >= 0.3 is 0 Å². The molecular weight excluding hydrogens is 348 g/mol. The highest BCUT2D eigenvalue weighted by Crippen LogP contribution is 2.33. The molecule has 0 aromatic carbocycles. The fourth-order valence-corrected chi connectivity index (χ4v) is 4.11. The summed E-state index contributed by atoms with van der Waals surface area (Å²) in [4.78, 5) is 22.9. The van der Waals surface area contributed by atoms with Gasteiger partial charge in [0, 0.05) is 37.4 Å². The molecule has 116 valence electrons. The summed E-state index contributed by atoms with van der Waals surface area (Å²) in [5, 5.41) is 3.19. The van der Waals surface area contributed by atoms with E-state index in [2.05, 4.69) is 31.2 Å². The van der Waals surface area contributed by atoms with E-state index in [1.165, 1.54) is 0 Å². The topological polar surface area (TPSA) is 88.5 Å². The van der Waals surface area contributed by atoms with Gasteiger partial charge in [0.2, 0.25) is 5.91 Å². The smallest absolute Gasteiger partial charge is 0.236 e. The Balaban J connectivity index is 1.71. The van der Waals surface area contributed by atoms with Gasteiger partial charge in [0.15, 0.2) is 5.82 Å². The van der Waals surface area contributed by atoms with Crippen LogP contribution in [-0.4, -0.2) is 50.9 Å². The zero-order valence-corrected chi connectivity index (χ0v) is 13.6. The van der Waals surface area contributed by atoms with Gasteiger partial charge in [-0.1, -0.05) is 0 Å². The average Bonchev–Trinajstić information content (AvgIpc) is 2.86. The second-order valence-corrected chi connectivity index (χ2v) is 6.65. The molecule has 2 atom stereocenters. The third-order valence-corrected chi connectivity index (χ3v) is 5.17. The van der Waals surface area contributed by atoms with E-state index in [0.29, 0.717) is 23.0 Å². The summed E-state index contributed by atoms with van der Waals surface area (Å²) in [6, 6.07) is 0.318. The number of hydrogen-bond donors (Lipinski definition) is 2. The molecule has 1 amide bonds. The summed E-state index contributed by atoms with van der Waals surface area (Å²) in [6.45, 7) is 2.05. The minimum atomic E-state index is 0.182. The Kier molecular flexibility index (Phi) is 3.30. The molecule has 2 aliphatic rings. The molecule has 3 N–H and O–H groups in total. The molecule has 22 heavy (non-hydrogen) atoms. The fraction of sp³-hybridized carbons (Fsp3) is 0.500. The molecular formula is C14H17BrN6O. The van der Waals surface area contributed by atoms with Crippen molar-refractivity contribution in [3.05, 3.63) is 22.8 Å². The van der Waals surface area contributed by atoms with Crippen molar-refractivity contribution in [2.45, 2.75) is 24.8 Å². The molecule has 8 heteroatoms. The number of aromatic nitrogens is 3. The van der Waals surface area contributed by atoms with Crippen molar-refractivity contribution in [3.8, 4) is 0 Å². The Hall–Kier alpha value is -1.67. The number of hydrogen-bond acceptors (Lipinski definition) is 5. The van der Waals surface area contributed by atoms with Crippen LogP contribution in [0.1, 0.15) is 24.6 Å². The molecule has 2 fully saturated rings. The number of nitrogens with one attached hydrogen (secondary N) is 1. The Bertz CT molecular complexity index is 744. The lowest BCUT2D eigenvalue weighted by Gasteiger charge is -2.42. The van der Waals surface area contributed by atoms with Gasteiger partial charge < -0.3 is 16.0 Å². The van der Waals surface area contributed by atoms with Crippen molar-refractivity contribution in [1.82, 2.24) is 24.6 Å². The standard InChI is InChI=1S/C14H17BrN6O/c15-12-11-13(16)18-3-4-20(11)14(19-12)8-1-2-9-5-17-6-10(22)21(9)7-8/h3-4,8-9,17H,1-2,5-7H2,(H2,16,18)/t8-,9+/m1/s1. The molecule has 2 aromatic rings. The lowest BCUT2D eigenvalue weighted by Crippen LogP contribution is -2.57. The number of nitrogens with zero attached hydrogens (tertiary/aromatic N) is 4. The third kappa shape index (κ3) is 2.09. The number of nitrogen functional groups attached to an aromatic ring is 1. The third-order valence-electron chi connectivity index (χ3n) is 4.62. The molecule has 0 spiro atoms. The summed E-state index contributed by atoms with van der Waals surface area (Å²) in [5.41, 5.74) is 6.75. The van der Waals surface area contributed by atoms with E-state index in [1.807, 2.05) is 15.5 Å². The van der Waals surface area contributed by atoms with E-state index < -0.39 is 0 Å². The van der Waals surface area contributed by atoms with Crippen LogP contribution in [-0.2, 0) is 4.79 Å². The average molecular weight is 365 g/mol. The molecule has 4 rings (SSSR count). The fourth-order valence-electron chi connectivity index (χ4n) is 3.53. The maximum absolute atomic E-state index is 12.1. The molecule has 0 radical (unpaired) electrons. The molecule has 0 aliphatic carbocycles. The van der Waals surface area contributed by atoms with Gasteiger partial charge in [-0.05, 0) is 28.8 Å². The molecule has 4 heterocycles. The largest absolute Gasteiger partial charge is 0.382 e. The van der Waals surface area contributed by atoms with E-state index in [0.717, 1.165) is 37.3 Å². The number of carbonyl (C=O) groups excluding carboxylic acids is 1. The van der Waals surface area contributed by atoms with Crippen LogP contribution in [0.4, 0.5) is 5.82 Å². The van der Waals surface area contributed by atoms with Gasteiger partial charge in [-0.2, -0.15) is 0 Å². The first-order chi connectivity index (χ1) is 10.6. The van der Waals surface area contributed by atoms with Crippen LogP contribution in [0.2, 0.25) is 0 Å². The quantitative estimate of drug-likeness (QED) is 0.779. The zero-order valence-electron chi connectivity index (χ0n) is 12.0. The van der Waals surface area contributed by atoms with Gasteiger partial charge in [0.1, 0.15) is 15.9 Å². The second kappa shape index (κ2) is 5.20. The van der Waals surface area contributed by atoms with E-state index in [1.54, 1.807) is 6.20 Å². The van der Waals surface area contributed by atoms with Crippen LogP contribution < -0.4 is 11.1 Å². The zero-order chi connectivity index (χ0) is 15.3. The molecule has 2 aromatic heterocycles. The number of amides is 1. The van der Waals surface area contributed by atoms with E-state index in [9.17, 15) is 4.79 Å². The normalized spacial score (nSPS) is 25.5. The number of imidazole rings is 1. The first-order valence-electron chi connectivity index (χ1n) is 7.43. The van der Waals surface area contributed by atoms with E-state index >= 15 is 0 Å². The van der Waals surface area contributed by atoms with Crippen LogP contribution in [0, 0.1) is 0 Å². The highest BCUT2D eigenvalue weighted by Gasteiger charge is 2.36. The van der Waals surface area contributed by atoms with Crippen molar-refractivity contribution >= 4 is 33.2 Å². The lowest BCUT2D eigenvalue weighted by atomic mass is 9.91. The summed E-state index contributed by atoms with van der Waals surface area (Å²) in [5.74, 6) is 1.81. The summed E-state index contributed by atoms with van der Waals surface area (Å²) < 4.78 is 2.70. The first kappa shape index (κ1) is 14.0. The van der Waals surface area contributed by atoms with Crippen LogP contribution >= 0.6 is 15.9 Å². The summed E-state index contributed by atoms with van der Waals surface area (Å²) in [7, 11) is 0. The van der Waals surface area contributed by atoms with E-state index in [4.69, 9.17) is 5.73 Å². The monoisotopic (exact) mass is 364 g/mol. The number of halogens is 1. The number of rotatable bonds is 1. The van der Waals surface area contributed by atoms with Gasteiger partial charge in [-0.15, -0.1) is 0 Å². The van der Waals surface area contributed by atoms with Crippen molar-refractivity contribution < 1.29 is 4.79 Å². The predicted octanol–water partition coefficient (Wildman–Crippen LogP) is 0.752. The number of carbonyl (C=O) groups is 1. The van der Waals surface area contributed by atoms with Crippen molar-refractivity contribution in [2.75, 3.05) is 25.4 Å². The number of fused-ring (bicyclic) bond motifs is 2. The maximum atomic E-state index is 12.1. The Morgan fingerprint density at radius 1 is 1.41 bits per heavy atom. The number of nitrogens with two attached hydrogens (primary N) is 1. The van der Waals surface area contributed by atoms with Crippen molar-refractivity contribution in [1.29, 1.82) is 0 Å². The van der Waals surface area contributed by atoms with Crippen LogP contribution in [0.5, 0.6) is 0 Å². The molecule has 2 aliphatic heterocycles. The minimum absolute atomic E-state index is 0.182. The molecule has 0 unspecified atom stereocenters. The van der Waals surface area contributed by atoms with Crippen molar-refractivity contribution in [3.63, 3.8) is 0 Å². The lowest BCUT2D eigenvalue weighted by molar-refractivity contribution is -0.136. The first-order valence-corrected chi connectivity index (χ1v) is 8.22. The van der Waals surface area contributed by atoms with Gasteiger partial charge in [-0.25, -0.2) is 9.97 Å². The Morgan fingerprint density at radius 3 is 3.14 bits per heavy atom. The van der Waals surface area contributed by atoms with Crippen LogP contribution in [0.15, 0.2) is 17.0 Å². The number of piperidine rings is 1. The maximum Gasteiger partial charge on any atom is 0.236 e. The predicted molar refractivity (Wildman–Crippen MR) is 85.4 cm³/mol. The molecule has 2 saturated heterocycles. The molecule has 0 bridgehead atoms.